The average molecular weight is 287 g/mol. The maximum Gasteiger partial charge on any atom is 0.219 e. The SMILES string of the molecule is COc1c(C2CCN(C(C)=O)CC2)ccc2c1CCCC2. The van der Waals surface area contributed by atoms with Crippen molar-refractivity contribution in [1.29, 1.82) is 0 Å². The van der Waals surface area contributed by atoms with Crippen molar-refractivity contribution in [2.75, 3.05) is 20.2 Å². The highest BCUT2D eigenvalue weighted by atomic mass is 16.5. The molecule has 1 saturated heterocycles. The van der Waals surface area contributed by atoms with E-state index in [1.165, 1.54) is 36.0 Å². The molecule has 0 spiro atoms. The highest BCUT2D eigenvalue weighted by Crippen LogP contribution is 2.39. The zero-order valence-corrected chi connectivity index (χ0v) is 13.2. The molecule has 3 rings (SSSR count). The zero-order chi connectivity index (χ0) is 14.8. The Kier molecular flexibility index (Phi) is 4.18. The molecular formula is C18H25NO2. The van der Waals surface area contributed by atoms with E-state index < -0.39 is 0 Å². The molecule has 3 heteroatoms. The number of amides is 1. The Labute approximate surface area is 127 Å². The van der Waals surface area contributed by atoms with E-state index in [9.17, 15) is 4.79 Å². The van der Waals surface area contributed by atoms with Gasteiger partial charge in [-0.1, -0.05) is 12.1 Å². The number of hydrogen-bond acceptors (Lipinski definition) is 2. The lowest BCUT2D eigenvalue weighted by Gasteiger charge is -2.33. The molecule has 1 aliphatic heterocycles. The molecule has 2 aliphatic rings. The minimum Gasteiger partial charge on any atom is -0.496 e. The van der Waals surface area contributed by atoms with E-state index in [1.807, 2.05) is 4.90 Å². The van der Waals surface area contributed by atoms with Crippen molar-refractivity contribution < 1.29 is 9.53 Å². The molecule has 1 amide bonds. The van der Waals surface area contributed by atoms with Crippen LogP contribution in [0.4, 0.5) is 0 Å². The minimum absolute atomic E-state index is 0.200. The van der Waals surface area contributed by atoms with Gasteiger partial charge < -0.3 is 9.64 Å². The monoisotopic (exact) mass is 287 g/mol. The molecule has 3 nitrogen and oxygen atoms in total. The molecule has 21 heavy (non-hydrogen) atoms. The van der Waals surface area contributed by atoms with Gasteiger partial charge in [0, 0.05) is 20.0 Å². The number of methoxy groups -OCH3 is 1. The molecule has 0 atom stereocenters. The van der Waals surface area contributed by atoms with Crippen LogP contribution < -0.4 is 4.74 Å². The summed E-state index contributed by atoms with van der Waals surface area (Å²) in [5.41, 5.74) is 4.28. The highest BCUT2D eigenvalue weighted by Gasteiger charge is 2.26. The third kappa shape index (κ3) is 2.78. The predicted molar refractivity (Wildman–Crippen MR) is 83.9 cm³/mol. The summed E-state index contributed by atoms with van der Waals surface area (Å²) in [6.45, 7) is 3.42. The number of hydrogen-bond donors (Lipinski definition) is 0. The molecule has 1 aliphatic carbocycles. The van der Waals surface area contributed by atoms with Gasteiger partial charge in [0.25, 0.3) is 0 Å². The number of fused-ring (bicyclic) bond motifs is 1. The quantitative estimate of drug-likeness (QED) is 0.835. The van der Waals surface area contributed by atoms with Crippen LogP contribution in [-0.2, 0) is 17.6 Å². The van der Waals surface area contributed by atoms with E-state index in [0.717, 1.165) is 38.1 Å². The number of aryl methyl sites for hydroxylation is 1. The van der Waals surface area contributed by atoms with Gasteiger partial charge in [0.2, 0.25) is 5.91 Å². The number of carbonyl (C=O) groups excluding carboxylic acids is 1. The van der Waals surface area contributed by atoms with E-state index in [0.29, 0.717) is 5.92 Å². The Morgan fingerprint density at radius 1 is 1.19 bits per heavy atom. The largest absolute Gasteiger partial charge is 0.496 e. The van der Waals surface area contributed by atoms with Gasteiger partial charge in [-0.3, -0.25) is 4.79 Å². The van der Waals surface area contributed by atoms with Gasteiger partial charge >= 0.3 is 0 Å². The van der Waals surface area contributed by atoms with Crippen molar-refractivity contribution in [3.8, 4) is 5.75 Å². The molecule has 1 fully saturated rings. The zero-order valence-electron chi connectivity index (χ0n) is 13.2. The molecule has 0 unspecified atom stereocenters. The molecule has 1 aromatic rings. The maximum absolute atomic E-state index is 11.5. The Bertz CT molecular complexity index is 530. The Balaban J connectivity index is 1.84. The summed E-state index contributed by atoms with van der Waals surface area (Å²) in [6, 6.07) is 4.58. The number of piperidine rings is 1. The van der Waals surface area contributed by atoms with Crippen LogP contribution in [-0.4, -0.2) is 31.0 Å². The molecular weight excluding hydrogens is 262 g/mol. The van der Waals surface area contributed by atoms with E-state index in [4.69, 9.17) is 4.74 Å². The lowest BCUT2D eigenvalue weighted by Crippen LogP contribution is -2.36. The minimum atomic E-state index is 0.200. The van der Waals surface area contributed by atoms with Gasteiger partial charge in [0.1, 0.15) is 5.75 Å². The number of benzene rings is 1. The number of rotatable bonds is 2. The Morgan fingerprint density at radius 2 is 1.90 bits per heavy atom. The van der Waals surface area contributed by atoms with Crippen LogP contribution in [0.5, 0.6) is 5.75 Å². The van der Waals surface area contributed by atoms with Crippen LogP contribution in [0.15, 0.2) is 12.1 Å². The fourth-order valence-corrected chi connectivity index (χ4v) is 3.88. The third-order valence-electron chi connectivity index (χ3n) is 5.10. The molecule has 0 aromatic heterocycles. The fraction of sp³-hybridized carbons (Fsp3) is 0.611. The molecule has 1 heterocycles. The summed E-state index contributed by atoms with van der Waals surface area (Å²) in [5.74, 6) is 1.86. The molecule has 0 N–H and O–H groups in total. The second-order valence-corrected chi connectivity index (χ2v) is 6.31. The lowest BCUT2D eigenvalue weighted by atomic mass is 9.83. The average Bonchev–Trinajstić information content (AvgIpc) is 2.53. The van der Waals surface area contributed by atoms with Crippen LogP contribution >= 0.6 is 0 Å². The maximum atomic E-state index is 11.5. The van der Waals surface area contributed by atoms with Crippen LogP contribution in [0.2, 0.25) is 0 Å². The summed E-state index contributed by atoms with van der Waals surface area (Å²) in [5, 5.41) is 0. The summed E-state index contributed by atoms with van der Waals surface area (Å²) < 4.78 is 5.79. The fourth-order valence-electron chi connectivity index (χ4n) is 3.88. The Morgan fingerprint density at radius 3 is 2.57 bits per heavy atom. The van der Waals surface area contributed by atoms with E-state index in [1.54, 1.807) is 14.0 Å². The standard InChI is InChI=1S/C18H25NO2/c1-13(20)19-11-9-15(10-12-19)17-8-7-14-5-3-4-6-16(14)18(17)21-2/h7-8,15H,3-6,9-12H2,1-2H3. The smallest absolute Gasteiger partial charge is 0.219 e. The van der Waals surface area contributed by atoms with Gasteiger partial charge in [-0.05, 0) is 61.1 Å². The van der Waals surface area contributed by atoms with Crippen LogP contribution in [0.25, 0.3) is 0 Å². The van der Waals surface area contributed by atoms with Crippen LogP contribution in [0, 0.1) is 0 Å². The number of ether oxygens (including phenoxy) is 1. The first-order valence-corrected chi connectivity index (χ1v) is 8.15. The van der Waals surface area contributed by atoms with Gasteiger partial charge in [-0.15, -0.1) is 0 Å². The first-order valence-electron chi connectivity index (χ1n) is 8.15. The molecule has 114 valence electrons. The lowest BCUT2D eigenvalue weighted by molar-refractivity contribution is -0.129. The number of carbonyl (C=O) groups is 1. The van der Waals surface area contributed by atoms with E-state index in [2.05, 4.69) is 12.1 Å². The van der Waals surface area contributed by atoms with E-state index in [-0.39, 0.29) is 5.91 Å². The summed E-state index contributed by atoms with van der Waals surface area (Å²) >= 11 is 0. The van der Waals surface area contributed by atoms with Gasteiger partial charge in [0.05, 0.1) is 7.11 Å². The van der Waals surface area contributed by atoms with Crippen LogP contribution in [0.3, 0.4) is 0 Å². The van der Waals surface area contributed by atoms with Crippen molar-refractivity contribution in [1.82, 2.24) is 4.90 Å². The number of nitrogens with zero attached hydrogens (tertiary/aromatic N) is 1. The van der Waals surface area contributed by atoms with Crippen molar-refractivity contribution in [3.63, 3.8) is 0 Å². The third-order valence-corrected chi connectivity index (χ3v) is 5.10. The van der Waals surface area contributed by atoms with Crippen molar-refractivity contribution in [2.45, 2.75) is 51.4 Å². The second-order valence-electron chi connectivity index (χ2n) is 6.31. The van der Waals surface area contributed by atoms with Crippen LogP contribution in [0.1, 0.15) is 55.2 Å². The highest BCUT2D eigenvalue weighted by molar-refractivity contribution is 5.73. The normalized spacial score (nSPS) is 19.2. The predicted octanol–water partition coefficient (Wildman–Crippen LogP) is 3.30. The second kappa shape index (κ2) is 6.08. The van der Waals surface area contributed by atoms with Crippen molar-refractivity contribution >= 4 is 5.91 Å². The van der Waals surface area contributed by atoms with Crippen molar-refractivity contribution in [2.24, 2.45) is 0 Å². The number of likely N-dealkylation sites (tertiary alicyclic amines) is 1. The molecule has 0 radical (unpaired) electrons. The first kappa shape index (κ1) is 14.4. The van der Waals surface area contributed by atoms with Gasteiger partial charge in [0.15, 0.2) is 0 Å². The summed E-state index contributed by atoms with van der Waals surface area (Å²) in [4.78, 5) is 13.4. The molecule has 1 aromatic carbocycles. The van der Waals surface area contributed by atoms with Crippen molar-refractivity contribution in [3.05, 3.63) is 28.8 Å². The first-order chi connectivity index (χ1) is 10.2. The summed E-state index contributed by atoms with van der Waals surface area (Å²) in [6.07, 6.45) is 7.01. The molecule has 0 bridgehead atoms. The Hall–Kier alpha value is -1.51. The molecule has 0 saturated carbocycles. The van der Waals surface area contributed by atoms with E-state index >= 15 is 0 Å². The van der Waals surface area contributed by atoms with Gasteiger partial charge in [-0.2, -0.15) is 0 Å². The van der Waals surface area contributed by atoms with Gasteiger partial charge in [-0.25, -0.2) is 0 Å². The topological polar surface area (TPSA) is 29.5 Å². The summed E-state index contributed by atoms with van der Waals surface area (Å²) in [7, 11) is 1.80.